The number of para-hydroxylation sites is 1. The second kappa shape index (κ2) is 12.0. The van der Waals surface area contributed by atoms with Gasteiger partial charge in [0.25, 0.3) is 11.8 Å². The van der Waals surface area contributed by atoms with Crippen LogP contribution in [-0.4, -0.2) is 41.0 Å². The number of anilines is 1. The highest BCUT2D eigenvalue weighted by Crippen LogP contribution is 2.36. The standard InChI is InChI=1S/C31H26ClN5O3/c32-26-12-3-1-10-22(26)31(40)37-29-25(17-33)24(16-27(36-29)23-11-2-4-13-28(23)38)19-7-5-8-20(15-19)30(39)35-18-21-9-6-14-34-21/h1-5,7-8,10-13,15-16,21,34,38H,6,9,14,18H2,(H,35,39)(H,36,37,40). The van der Waals surface area contributed by atoms with Gasteiger partial charge in [0, 0.05) is 29.3 Å². The van der Waals surface area contributed by atoms with E-state index in [0.717, 1.165) is 19.4 Å². The number of nitrogens with zero attached hydrogens (tertiary/aromatic N) is 2. The molecule has 4 aromatic rings. The lowest BCUT2D eigenvalue weighted by Crippen LogP contribution is -2.37. The molecule has 1 atom stereocenters. The number of aromatic hydroxyl groups is 1. The van der Waals surface area contributed by atoms with Crippen molar-refractivity contribution in [3.05, 3.63) is 101 Å². The first-order chi connectivity index (χ1) is 19.4. The average Bonchev–Trinajstić information content (AvgIpc) is 3.50. The lowest BCUT2D eigenvalue weighted by atomic mass is 9.96. The van der Waals surface area contributed by atoms with Crippen LogP contribution in [0.15, 0.2) is 78.9 Å². The van der Waals surface area contributed by atoms with Crippen molar-refractivity contribution in [2.45, 2.75) is 18.9 Å². The first-order valence-corrected chi connectivity index (χ1v) is 13.2. The summed E-state index contributed by atoms with van der Waals surface area (Å²) >= 11 is 6.23. The van der Waals surface area contributed by atoms with Gasteiger partial charge >= 0.3 is 0 Å². The molecule has 4 N–H and O–H groups in total. The van der Waals surface area contributed by atoms with Crippen LogP contribution < -0.4 is 16.0 Å². The number of phenols is 1. The summed E-state index contributed by atoms with van der Waals surface area (Å²) in [5, 5.41) is 30.0. The van der Waals surface area contributed by atoms with Crippen molar-refractivity contribution in [1.29, 1.82) is 5.26 Å². The summed E-state index contributed by atoms with van der Waals surface area (Å²) in [7, 11) is 0. The Morgan fingerprint density at radius 2 is 1.82 bits per heavy atom. The zero-order valence-electron chi connectivity index (χ0n) is 21.4. The molecule has 0 bridgehead atoms. The summed E-state index contributed by atoms with van der Waals surface area (Å²) in [5.41, 5.74) is 2.53. The van der Waals surface area contributed by atoms with Gasteiger partial charge in [0.2, 0.25) is 0 Å². The lowest BCUT2D eigenvalue weighted by Gasteiger charge is -2.15. The number of carbonyl (C=O) groups excluding carboxylic acids is 2. The number of benzene rings is 3. The van der Waals surface area contributed by atoms with Crippen LogP contribution in [0.25, 0.3) is 22.4 Å². The highest BCUT2D eigenvalue weighted by molar-refractivity contribution is 6.34. The van der Waals surface area contributed by atoms with Gasteiger partial charge < -0.3 is 21.1 Å². The van der Waals surface area contributed by atoms with Crippen LogP contribution >= 0.6 is 11.6 Å². The molecule has 5 rings (SSSR count). The molecular weight excluding hydrogens is 526 g/mol. The van der Waals surface area contributed by atoms with E-state index in [-0.39, 0.29) is 39.7 Å². The van der Waals surface area contributed by atoms with E-state index in [4.69, 9.17) is 11.6 Å². The molecule has 0 aliphatic carbocycles. The van der Waals surface area contributed by atoms with E-state index in [0.29, 0.717) is 34.5 Å². The number of carbonyl (C=O) groups is 2. The SMILES string of the molecule is N#Cc1c(-c2cccc(C(=O)NCC3CCCN3)c2)cc(-c2ccccc2O)nc1NC(=O)c1ccccc1Cl. The third-order valence-corrected chi connectivity index (χ3v) is 7.10. The summed E-state index contributed by atoms with van der Waals surface area (Å²) < 4.78 is 0. The number of amides is 2. The smallest absolute Gasteiger partial charge is 0.258 e. The Hall–Kier alpha value is -4.71. The van der Waals surface area contributed by atoms with Crippen molar-refractivity contribution in [2.75, 3.05) is 18.4 Å². The molecule has 40 heavy (non-hydrogen) atoms. The van der Waals surface area contributed by atoms with Crippen LogP contribution in [0.1, 0.15) is 39.1 Å². The molecule has 9 heteroatoms. The fraction of sp³-hybridized carbons (Fsp3) is 0.161. The van der Waals surface area contributed by atoms with Gasteiger partial charge in [-0.15, -0.1) is 0 Å². The molecule has 200 valence electrons. The summed E-state index contributed by atoms with van der Waals surface area (Å²) in [4.78, 5) is 30.6. The normalized spacial score (nSPS) is 14.3. The molecule has 1 aromatic heterocycles. The van der Waals surface area contributed by atoms with Crippen molar-refractivity contribution in [3.63, 3.8) is 0 Å². The van der Waals surface area contributed by atoms with Crippen LogP contribution in [0.3, 0.4) is 0 Å². The van der Waals surface area contributed by atoms with Crippen LogP contribution in [0.2, 0.25) is 5.02 Å². The molecule has 1 aliphatic heterocycles. The van der Waals surface area contributed by atoms with Crippen LogP contribution in [0.4, 0.5) is 5.82 Å². The number of hydrogen-bond donors (Lipinski definition) is 4. The lowest BCUT2D eigenvalue weighted by molar-refractivity contribution is 0.0949. The third kappa shape index (κ3) is 5.81. The molecule has 1 aliphatic rings. The van der Waals surface area contributed by atoms with Crippen molar-refractivity contribution >= 4 is 29.2 Å². The fourth-order valence-electron chi connectivity index (χ4n) is 4.70. The fourth-order valence-corrected chi connectivity index (χ4v) is 4.92. The van der Waals surface area contributed by atoms with Gasteiger partial charge in [-0.1, -0.05) is 48.0 Å². The first-order valence-electron chi connectivity index (χ1n) is 12.9. The molecule has 3 aromatic carbocycles. The van der Waals surface area contributed by atoms with Crippen LogP contribution in [-0.2, 0) is 0 Å². The van der Waals surface area contributed by atoms with E-state index < -0.39 is 5.91 Å². The Morgan fingerprint density at radius 3 is 2.58 bits per heavy atom. The Kier molecular flexibility index (Phi) is 8.06. The van der Waals surface area contributed by atoms with Gasteiger partial charge in [-0.3, -0.25) is 9.59 Å². The molecule has 2 amide bonds. The second-order valence-corrected chi connectivity index (χ2v) is 9.83. The van der Waals surface area contributed by atoms with Gasteiger partial charge in [-0.25, -0.2) is 4.98 Å². The van der Waals surface area contributed by atoms with E-state index in [9.17, 15) is 20.0 Å². The van der Waals surface area contributed by atoms with E-state index in [1.165, 1.54) is 6.07 Å². The number of nitrogens with one attached hydrogen (secondary N) is 3. The number of rotatable bonds is 7. The Morgan fingerprint density at radius 1 is 1.02 bits per heavy atom. The van der Waals surface area contributed by atoms with Crippen LogP contribution in [0, 0.1) is 11.3 Å². The maximum atomic E-state index is 13.1. The maximum Gasteiger partial charge on any atom is 0.258 e. The van der Waals surface area contributed by atoms with E-state index in [1.807, 2.05) is 0 Å². The Bertz CT molecular complexity index is 1630. The topological polar surface area (TPSA) is 127 Å². The van der Waals surface area contributed by atoms with Gasteiger partial charge in [0.05, 0.1) is 16.3 Å². The van der Waals surface area contributed by atoms with Crippen molar-refractivity contribution in [1.82, 2.24) is 15.6 Å². The predicted molar refractivity (Wildman–Crippen MR) is 154 cm³/mol. The number of phenolic OH excluding ortho intramolecular Hbond substituents is 1. The molecule has 1 saturated heterocycles. The molecule has 0 saturated carbocycles. The zero-order valence-corrected chi connectivity index (χ0v) is 22.2. The molecule has 2 heterocycles. The number of nitriles is 1. The minimum Gasteiger partial charge on any atom is -0.507 e. The molecule has 1 fully saturated rings. The summed E-state index contributed by atoms with van der Waals surface area (Å²) in [5.74, 6) is -0.770. The number of pyridine rings is 1. The minimum absolute atomic E-state index is 0.00494. The highest BCUT2D eigenvalue weighted by atomic mass is 35.5. The van der Waals surface area contributed by atoms with Crippen molar-refractivity contribution in [3.8, 4) is 34.2 Å². The first kappa shape index (κ1) is 26.9. The van der Waals surface area contributed by atoms with E-state index >= 15 is 0 Å². The van der Waals surface area contributed by atoms with Gasteiger partial charge in [0.15, 0.2) is 5.82 Å². The number of hydrogen-bond acceptors (Lipinski definition) is 6. The van der Waals surface area contributed by atoms with Gasteiger partial charge in [0.1, 0.15) is 17.4 Å². The van der Waals surface area contributed by atoms with E-state index in [2.05, 4.69) is 27.0 Å². The van der Waals surface area contributed by atoms with Crippen molar-refractivity contribution < 1.29 is 14.7 Å². The molecule has 0 spiro atoms. The van der Waals surface area contributed by atoms with E-state index in [1.54, 1.807) is 72.8 Å². The number of halogens is 1. The zero-order chi connectivity index (χ0) is 28.1. The molecule has 0 radical (unpaired) electrons. The quantitative estimate of drug-likeness (QED) is 0.244. The van der Waals surface area contributed by atoms with Crippen molar-refractivity contribution in [2.24, 2.45) is 0 Å². The summed E-state index contributed by atoms with van der Waals surface area (Å²) in [6, 6.07) is 24.2. The average molecular weight is 552 g/mol. The van der Waals surface area contributed by atoms with Crippen LogP contribution in [0.5, 0.6) is 5.75 Å². The molecular formula is C31H26ClN5O3. The Labute approximate surface area is 236 Å². The maximum absolute atomic E-state index is 13.1. The van der Waals surface area contributed by atoms with Gasteiger partial charge in [-0.05, 0) is 67.4 Å². The summed E-state index contributed by atoms with van der Waals surface area (Å²) in [6.45, 7) is 1.47. The predicted octanol–water partition coefficient (Wildman–Crippen LogP) is 5.38. The Balaban J connectivity index is 1.56. The monoisotopic (exact) mass is 551 g/mol. The van der Waals surface area contributed by atoms with Gasteiger partial charge in [-0.2, -0.15) is 5.26 Å². The molecule has 1 unspecified atom stereocenters. The summed E-state index contributed by atoms with van der Waals surface area (Å²) in [6.07, 6.45) is 2.10. The molecule has 8 nitrogen and oxygen atoms in total. The highest BCUT2D eigenvalue weighted by Gasteiger charge is 2.21. The second-order valence-electron chi connectivity index (χ2n) is 9.43. The third-order valence-electron chi connectivity index (χ3n) is 6.77. The largest absolute Gasteiger partial charge is 0.507 e. The number of aromatic nitrogens is 1. The minimum atomic E-state index is -0.538.